The van der Waals surface area contributed by atoms with Crippen LogP contribution in [-0.2, 0) is 20.4 Å². The number of rotatable bonds is 6. The Morgan fingerprint density at radius 3 is 2.48 bits per heavy atom. The van der Waals surface area contributed by atoms with Crippen LogP contribution in [0, 0.1) is 6.92 Å². The molecule has 3 rings (SSSR count). The molecule has 154 valence electrons. The van der Waals surface area contributed by atoms with Crippen molar-refractivity contribution in [2.24, 2.45) is 0 Å². The van der Waals surface area contributed by atoms with Gasteiger partial charge in [-0.15, -0.1) is 0 Å². The standard InChI is InChI=1S/C21H23BrN2O4S/c1-15-6-4-9-18(20(15)21(26)24-10-2-3-11-24)23-19(25)14-29(27,28)13-16-7-5-8-17(22)12-16/h4-9,12H,2-3,10-11,13-14H2,1H3,(H,23,25). The Hall–Kier alpha value is -2.19. The van der Waals surface area contributed by atoms with Crippen molar-refractivity contribution in [3.63, 3.8) is 0 Å². The Morgan fingerprint density at radius 1 is 1.10 bits per heavy atom. The molecule has 6 nitrogen and oxygen atoms in total. The zero-order valence-corrected chi connectivity index (χ0v) is 18.6. The zero-order valence-electron chi connectivity index (χ0n) is 16.2. The number of benzene rings is 2. The number of carbonyl (C=O) groups is 2. The minimum atomic E-state index is -3.66. The molecule has 1 saturated heterocycles. The number of hydrogen-bond acceptors (Lipinski definition) is 4. The molecule has 0 spiro atoms. The minimum absolute atomic E-state index is 0.132. The Balaban J connectivity index is 1.73. The fourth-order valence-corrected chi connectivity index (χ4v) is 5.16. The summed E-state index contributed by atoms with van der Waals surface area (Å²) in [5.74, 6) is -1.66. The van der Waals surface area contributed by atoms with E-state index in [1.165, 1.54) is 0 Å². The smallest absolute Gasteiger partial charge is 0.256 e. The van der Waals surface area contributed by atoms with Crippen LogP contribution in [0.15, 0.2) is 46.9 Å². The number of sulfone groups is 1. The number of hydrogen-bond donors (Lipinski definition) is 1. The number of likely N-dealkylation sites (tertiary alicyclic amines) is 1. The fraction of sp³-hybridized carbons (Fsp3) is 0.333. The third kappa shape index (κ3) is 5.67. The van der Waals surface area contributed by atoms with Crippen molar-refractivity contribution in [1.29, 1.82) is 0 Å². The second kappa shape index (κ2) is 9.09. The lowest BCUT2D eigenvalue weighted by atomic mass is 10.0. The van der Waals surface area contributed by atoms with E-state index in [1.807, 2.05) is 13.0 Å². The second-order valence-corrected chi connectivity index (χ2v) is 10.2. The maximum atomic E-state index is 12.9. The number of anilines is 1. The van der Waals surface area contributed by atoms with E-state index in [9.17, 15) is 18.0 Å². The topological polar surface area (TPSA) is 83.5 Å². The number of amides is 2. The minimum Gasteiger partial charge on any atom is -0.339 e. The lowest BCUT2D eigenvalue weighted by Gasteiger charge is -2.19. The van der Waals surface area contributed by atoms with Crippen LogP contribution in [0.2, 0.25) is 0 Å². The van der Waals surface area contributed by atoms with Crippen molar-refractivity contribution in [1.82, 2.24) is 4.90 Å². The van der Waals surface area contributed by atoms with Gasteiger partial charge in [-0.1, -0.05) is 40.2 Å². The predicted molar refractivity (Wildman–Crippen MR) is 117 cm³/mol. The SMILES string of the molecule is Cc1cccc(NC(=O)CS(=O)(=O)Cc2cccc(Br)c2)c1C(=O)N1CCCC1. The van der Waals surface area contributed by atoms with E-state index in [0.717, 1.165) is 22.9 Å². The Kier molecular flexibility index (Phi) is 6.74. The van der Waals surface area contributed by atoms with Crippen molar-refractivity contribution >= 4 is 43.3 Å². The van der Waals surface area contributed by atoms with Crippen molar-refractivity contribution in [3.05, 3.63) is 63.6 Å². The van der Waals surface area contributed by atoms with Crippen molar-refractivity contribution in [2.45, 2.75) is 25.5 Å². The van der Waals surface area contributed by atoms with Gasteiger partial charge in [0.25, 0.3) is 5.91 Å². The van der Waals surface area contributed by atoms with E-state index in [2.05, 4.69) is 21.2 Å². The average Bonchev–Trinajstić information content (AvgIpc) is 3.15. The third-order valence-electron chi connectivity index (χ3n) is 4.78. The Bertz CT molecular complexity index is 1030. The number of aryl methyl sites for hydroxylation is 1. The first kappa shape index (κ1) is 21.5. The quantitative estimate of drug-likeness (QED) is 0.687. The molecular weight excluding hydrogens is 456 g/mol. The Morgan fingerprint density at radius 2 is 1.79 bits per heavy atom. The van der Waals surface area contributed by atoms with E-state index in [1.54, 1.807) is 41.3 Å². The van der Waals surface area contributed by atoms with Crippen LogP contribution < -0.4 is 5.32 Å². The maximum absolute atomic E-state index is 12.9. The predicted octanol–water partition coefficient (Wildman–Crippen LogP) is 3.55. The van der Waals surface area contributed by atoms with Crippen molar-refractivity contribution in [2.75, 3.05) is 24.2 Å². The molecule has 1 heterocycles. The fourth-order valence-electron chi connectivity index (χ4n) is 3.45. The number of nitrogens with one attached hydrogen (secondary N) is 1. The highest BCUT2D eigenvalue weighted by molar-refractivity contribution is 9.10. The van der Waals surface area contributed by atoms with E-state index in [0.29, 0.717) is 29.9 Å². The Labute approximate surface area is 179 Å². The van der Waals surface area contributed by atoms with E-state index < -0.39 is 21.5 Å². The van der Waals surface area contributed by atoms with Crippen molar-refractivity contribution < 1.29 is 18.0 Å². The molecule has 8 heteroatoms. The first-order valence-electron chi connectivity index (χ1n) is 9.39. The molecule has 0 unspecified atom stereocenters. The molecule has 0 radical (unpaired) electrons. The van der Waals surface area contributed by atoms with E-state index in [4.69, 9.17) is 0 Å². The van der Waals surface area contributed by atoms with Gasteiger partial charge in [0.2, 0.25) is 5.91 Å². The molecule has 2 amide bonds. The van der Waals surface area contributed by atoms with Gasteiger partial charge in [-0.25, -0.2) is 8.42 Å². The van der Waals surface area contributed by atoms with Gasteiger partial charge in [0.05, 0.1) is 17.0 Å². The van der Waals surface area contributed by atoms with E-state index >= 15 is 0 Å². The summed E-state index contributed by atoms with van der Waals surface area (Å²) in [5.41, 5.74) is 2.13. The van der Waals surface area contributed by atoms with E-state index in [-0.39, 0.29) is 11.7 Å². The molecule has 29 heavy (non-hydrogen) atoms. The number of nitrogens with zero attached hydrogens (tertiary/aromatic N) is 1. The first-order valence-corrected chi connectivity index (χ1v) is 12.0. The normalized spacial score (nSPS) is 14.1. The highest BCUT2D eigenvalue weighted by Gasteiger charge is 2.25. The molecular formula is C21H23BrN2O4S. The van der Waals surface area contributed by atoms with Gasteiger partial charge in [-0.05, 0) is 49.1 Å². The molecule has 1 aliphatic heterocycles. The van der Waals surface area contributed by atoms with Crippen LogP contribution >= 0.6 is 15.9 Å². The average molecular weight is 479 g/mol. The lowest BCUT2D eigenvalue weighted by molar-refractivity contribution is -0.113. The summed E-state index contributed by atoms with van der Waals surface area (Å²) in [6, 6.07) is 12.1. The molecule has 0 saturated carbocycles. The molecule has 1 fully saturated rings. The lowest BCUT2D eigenvalue weighted by Crippen LogP contribution is -2.30. The summed E-state index contributed by atoms with van der Waals surface area (Å²) in [6.45, 7) is 3.20. The van der Waals surface area contributed by atoms with Crippen LogP contribution in [0.4, 0.5) is 5.69 Å². The molecule has 0 aliphatic carbocycles. The maximum Gasteiger partial charge on any atom is 0.256 e. The monoisotopic (exact) mass is 478 g/mol. The summed E-state index contributed by atoms with van der Waals surface area (Å²) in [5, 5.41) is 2.63. The molecule has 2 aromatic carbocycles. The van der Waals surface area contributed by atoms with Gasteiger partial charge in [0.1, 0.15) is 5.75 Å². The zero-order chi connectivity index (χ0) is 21.0. The second-order valence-electron chi connectivity index (χ2n) is 7.21. The van der Waals surface area contributed by atoms with Crippen LogP contribution in [0.5, 0.6) is 0 Å². The molecule has 1 aliphatic rings. The van der Waals surface area contributed by atoms with Gasteiger partial charge in [-0.2, -0.15) is 0 Å². The summed E-state index contributed by atoms with van der Waals surface area (Å²) in [7, 11) is -3.66. The highest BCUT2D eigenvalue weighted by atomic mass is 79.9. The van der Waals surface area contributed by atoms with Gasteiger partial charge >= 0.3 is 0 Å². The van der Waals surface area contributed by atoms with Crippen LogP contribution in [0.3, 0.4) is 0 Å². The van der Waals surface area contributed by atoms with Gasteiger partial charge in [0, 0.05) is 17.6 Å². The first-order chi connectivity index (χ1) is 13.7. The molecule has 0 atom stereocenters. The van der Waals surface area contributed by atoms with Crippen LogP contribution in [-0.4, -0.2) is 44.0 Å². The van der Waals surface area contributed by atoms with Gasteiger partial charge in [-0.3, -0.25) is 9.59 Å². The number of halogens is 1. The summed E-state index contributed by atoms with van der Waals surface area (Å²) in [6.07, 6.45) is 1.93. The molecule has 1 N–H and O–H groups in total. The largest absolute Gasteiger partial charge is 0.339 e. The van der Waals surface area contributed by atoms with Crippen molar-refractivity contribution in [3.8, 4) is 0 Å². The van der Waals surface area contributed by atoms with Gasteiger partial charge < -0.3 is 10.2 Å². The highest BCUT2D eigenvalue weighted by Crippen LogP contribution is 2.24. The number of carbonyl (C=O) groups excluding carboxylic acids is 2. The van der Waals surface area contributed by atoms with Crippen LogP contribution in [0.25, 0.3) is 0 Å². The summed E-state index contributed by atoms with van der Waals surface area (Å²) in [4.78, 5) is 27.1. The van der Waals surface area contributed by atoms with Crippen LogP contribution in [0.1, 0.15) is 34.3 Å². The van der Waals surface area contributed by atoms with Gasteiger partial charge in [0.15, 0.2) is 9.84 Å². The summed E-state index contributed by atoms with van der Waals surface area (Å²) >= 11 is 3.31. The third-order valence-corrected chi connectivity index (χ3v) is 6.75. The molecule has 2 aromatic rings. The molecule has 0 bridgehead atoms. The molecule has 0 aromatic heterocycles. The summed E-state index contributed by atoms with van der Waals surface area (Å²) < 4.78 is 25.7.